The molecule has 0 unspecified atom stereocenters. The van der Waals surface area contributed by atoms with Gasteiger partial charge in [-0.05, 0) is 67.4 Å². The number of nitro benzene ring substituents is 1. The normalized spacial score (nSPS) is 10.8. The number of carbonyl (C=O) groups excluding carboxylic acids is 2. The van der Waals surface area contributed by atoms with Crippen LogP contribution < -0.4 is 14.8 Å². The highest BCUT2D eigenvalue weighted by atomic mass is 35.5. The average molecular weight is 506 g/mol. The highest BCUT2D eigenvalue weighted by Crippen LogP contribution is 2.30. The number of hydrogen-bond acceptors (Lipinski definition) is 7. The Morgan fingerprint density at radius 1 is 1.11 bits per heavy atom. The molecule has 0 aliphatic rings. The molecule has 9 nitrogen and oxygen atoms in total. The van der Waals surface area contributed by atoms with Crippen molar-refractivity contribution in [2.45, 2.75) is 13.8 Å². The second-order valence-corrected chi connectivity index (χ2v) is 7.85. The van der Waals surface area contributed by atoms with Crippen LogP contribution in [0.3, 0.4) is 0 Å². The Labute approximate surface area is 211 Å². The number of anilines is 1. The lowest BCUT2D eigenvalue weighted by atomic mass is 10.1. The molecule has 3 rings (SSSR count). The summed E-state index contributed by atoms with van der Waals surface area (Å²) >= 11 is 5.85. The third kappa shape index (κ3) is 6.46. The van der Waals surface area contributed by atoms with Crippen LogP contribution in [0.25, 0.3) is 6.08 Å². The van der Waals surface area contributed by atoms with Crippen molar-refractivity contribution in [3.05, 3.63) is 98.1 Å². The Balaban J connectivity index is 1.84. The summed E-state index contributed by atoms with van der Waals surface area (Å²) in [5.74, 6) is -0.956. The van der Waals surface area contributed by atoms with Gasteiger partial charge in [0.1, 0.15) is 11.6 Å². The molecule has 0 radical (unpaired) electrons. The number of hydrogen-bond donors (Lipinski definition) is 1. The number of carbonyl (C=O) groups is 2. The van der Waals surface area contributed by atoms with Gasteiger partial charge in [-0.2, -0.15) is 5.26 Å². The van der Waals surface area contributed by atoms with Gasteiger partial charge in [-0.25, -0.2) is 4.79 Å². The molecule has 0 fully saturated rings. The van der Waals surface area contributed by atoms with E-state index in [2.05, 4.69) is 5.32 Å². The summed E-state index contributed by atoms with van der Waals surface area (Å²) in [5.41, 5.74) is 1.11. The van der Waals surface area contributed by atoms with Gasteiger partial charge in [0, 0.05) is 17.2 Å². The van der Waals surface area contributed by atoms with Crippen molar-refractivity contribution in [1.29, 1.82) is 5.26 Å². The number of nitrogens with zero attached hydrogens (tertiary/aromatic N) is 2. The van der Waals surface area contributed by atoms with E-state index in [9.17, 15) is 25.0 Å². The first-order valence-electron chi connectivity index (χ1n) is 10.6. The maximum absolute atomic E-state index is 12.7. The van der Waals surface area contributed by atoms with Gasteiger partial charge in [0.15, 0.2) is 11.5 Å². The van der Waals surface area contributed by atoms with Crippen LogP contribution in [0.2, 0.25) is 5.02 Å². The summed E-state index contributed by atoms with van der Waals surface area (Å²) < 4.78 is 11.0. The molecule has 0 aliphatic heterocycles. The molecule has 0 spiro atoms. The number of nitro groups is 1. The fourth-order valence-electron chi connectivity index (χ4n) is 3.07. The molecule has 0 atom stereocenters. The van der Waals surface area contributed by atoms with Crippen LogP contribution in [-0.4, -0.2) is 23.4 Å². The maximum Gasteiger partial charge on any atom is 0.343 e. The lowest BCUT2D eigenvalue weighted by Gasteiger charge is -2.12. The molecular weight excluding hydrogens is 486 g/mol. The van der Waals surface area contributed by atoms with Gasteiger partial charge in [-0.3, -0.25) is 14.9 Å². The summed E-state index contributed by atoms with van der Waals surface area (Å²) in [4.78, 5) is 35.6. The smallest absolute Gasteiger partial charge is 0.343 e. The van der Waals surface area contributed by atoms with Crippen molar-refractivity contribution in [2.24, 2.45) is 0 Å². The van der Waals surface area contributed by atoms with Crippen molar-refractivity contribution in [3.63, 3.8) is 0 Å². The Bertz CT molecular complexity index is 1390. The van der Waals surface area contributed by atoms with E-state index in [1.807, 2.05) is 6.07 Å². The Kier molecular flexibility index (Phi) is 8.39. The van der Waals surface area contributed by atoms with Crippen molar-refractivity contribution in [2.75, 3.05) is 11.9 Å². The first kappa shape index (κ1) is 25.9. The van der Waals surface area contributed by atoms with E-state index in [0.717, 1.165) is 0 Å². The van der Waals surface area contributed by atoms with E-state index in [-0.39, 0.29) is 35.1 Å². The van der Waals surface area contributed by atoms with Gasteiger partial charge >= 0.3 is 5.97 Å². The topological polar surface area (TPSA) is 132 Å². The van der Waals surface area contributed by atoms with E-state index < -0.39 is 16.8 Å². The highest BCUT2D eigenvalue weighted by molar-refractivity contribution is 6.30. The zero-order chi connectivity index (χ0) is 26.2. The van der Waals surface area contributed by atoms with Gasteiger partial charge in [-0.1, -0.05) is 23.7 Å². The predicted molar refractivity (Wildman–Crippen MR) is 134 cm³/mol. The number of rotatable bonds is 8. The minimum absolute atomic E-state index is 0.157. The van der Waals surface area contributed by atoms with Crippen LogP contribution in [0.1, 0.15) is 28.4 Å². The largest absolute Gasteiger partial charge is 0.490 e. The van der Waals surface area contributed by atoms with Gasteiger partial charge in [0.05, 0.1) is 22.8 Å². The van der Waals surface area contributed by atoms with E-state index in [4.69, 9.17) is 21.1 Å². The van der Waals surface area contributed by atoms with Crippen LogP contribution >= 0.6 is 11.6 Å². The second kappa shape index (κ2) is 11.6. The molecule has 0 aromatic heterocycles. The number of nitrogens with one attached hydrogen (secondary N) is 1. The molecule has 0 heterocycles. The Hall–Kier alpha value is -4.68. The number of nitriles is 1. The summed E-state index contributed by atoms with van der Waals surface area (Å²) in [5, 5.41) is 23.6. The molecule has 0 bridgehead atoms. The predicted octanol–water partition coefficient (Wildman–Crippen LogP) is 5.72. The molecule has 3 aromatic rings. The van der Waals surface area contributed by atoms with E-state index in [0.29, 0.717) is 21.7 Å². The van der Waals surface area contributed by atoms with Gasteiger partial charge in [0.25, 0.3) is 11.6 Å². The molecule has 36 heavy (non-hydrogen) atoms. The Morgan fingerprint density at radius 2 is 1.83 bits per heavy atom. The summed E-state index contributed by atoms with van der Waals surface area (Å²) in [6, 6.07) is 16.6. The van der Waals surface area contributed by atoms with Crippen molar-refractivity contribution >= 4 is 40.9 Å². The van der Waals surface area contributed by atoms with E-state index in [1.54, 1.807) is 32.0 Å². The van der Waals surface area contributed by atoms with Gasteiger partial charge < -0.3 is 14.8 Å². The zero-order valence-electron chi connectivity index (χ0n) is 19.3. The molecule has 0 saturated heterocycles. The number of aryl methyl sites for hydroxylation is 1. The lowest BCUT2D eigenvalue weighted by molar-refractivity contribution is -0.384. The summed E-state index contributed by atoms with van der Waals surface area (Å²) in [6.07, 6.45) is 1.33. The SMILES string of the molecule is CCOc1cc(/C=C(\C#N)C(=O)Nc2cc([N+](=O)[O-])ccc2C)ccc1OC(=O)c1ccc(Cl)cc1. The van der Waals surface area contributed by atoms with Gasteiger partial charge in [0.2, 0.25) is 0 Å². The minimum Gasteiger partial charge on any atom is -0.490 e. The average Bonchev–Trinajstić information content (AvgIpc) is 2.85. The fraction of sp³-hybridized carbons (Fsp3) is 0.115. The zero-order valence-corrected chi connectivity index (χ0v) is 20.0. The van der Waals surface area contributed by atoms with Crippen LogP contribution in [0, 0.1) is 28.4 Å². The number of ether oxygens (including phenoxy) is 2. The third-order valence-electron chi connectivity index (χ3n) is 4.91. The standard InChI is InChI=1S/C26H20ClN3O6/c1-3-35-24-13-17(5-11-23(24)36-26(32)18-6-8-20(27)9-7-18)12-19(15-28)25(31)29-22-14-21(30(33)34)10-4-16(22)2/h4-14H,3H2,1-2H3,(H,29,31)/b19-12+. The molecule has 1 amide bonds. The molecule has 3 aromatic carbocycles. The molecular formula is C26H20ClN3O6. The summed E-state index contributed by atoms with van der Waals surface area (Å²) in [6.45, 7) is 3.70. The van der Waals surface area contributed by atoms with Gasteiger partial charge in [-0.15, -0.1) is 0 Å². The Morgan fingerprint density at radius 3 is 2.47 bits per heavy atom. The number of benzene rings is 3. The summed E-state index contributed by atoms with van der Waals surface area (Å²) in [7, 11) is 0. The van der Waals surface area contributed by atoms with E-state index >= 15 is 0 Å². The molecule has 182 valence electrons. The van der Waals surface area contributed by atoms with Crippen LogP contribution in [0.15, 0.2) is 66.2 Å². The number of amides is 1. The lowest BCUT2D eigenvalue weighted by Crippen LogP contribution is -2.14. The second-order valence-electron chi connectivity index (χ2n) is 7.42. The number of non-ortho nitro benzene ring substituents is 1. The molecule has 0 aliphatic carbocycles. The quantitative estimate of drug-likeness (QED) is 0.103. The van der Waals surface area contributed by atoms with Crippen molar-refractivity contribution < 1.29 is 24.0 Å². The van der Waals surface area contributed by atoms with Crippen LogP contribution in [0.5, 0.6) is 11.5 Å². The van der Waals surface area contributed by atoms with Crippen molar-refractivity contribution in [1.82, 2.24) is 0 Å². The molecule has 10 heteroatoms. The monoisotopic (exact) mass is 505 g/mol. The number of esters is 1. The van der Waals surface area contributed by atoms with Crippen LogP contribution in [-0.2, 0) is 4.79 Å². The number of halogens is 1. The fourth-order valence-corrected chi connectivity index (χ4v) is 3.20. The first-order valence-corrected chi connectivity index (χ1v) is 11.0. The minimum atomic E-state index is -0.739. The maximum atomic E-state index is 12.7. The highest BCUT2D eigenvalue weighted by Gasteiger charge is 2.16. The third-order valence-corrected chi connectivity index (χ3v) is 5.16. The molecule has 0 saturated carbocycles. The first-order chi connectivity index (χ1) is 17.2. The van der Waals surface area contributed by atoms with E-state index in [1.165, 1.54) is 48.5 Å². The van der Waals surface area contributed by atoms with Crippen molar-refractivity contribution in [3.8, 4) is 17.6 Å². The van der Waals surface area contributed by atoms with Crippen LogP contribution in [0.4, 0.5) is 11.4 Å². The molecule has 1 N–H and O–H groups in total.